The van der Waals surface area contributed by atoms with E-state index in [0.29, 0.717) is 4.91 Å². The summed E-state index contributed by atoms with van der Waals surface area (Å²) in [5.74, 6) is 6.26. The van der Waals surface area contributed by atoms with Gasteiger partial charge in [-0.15, -0.1) is 0 Å². The van der Waals surface area contributed by atoms with Gasteiger partial charge in [0.15, 0.2) is 0 Å². The van der Waals surface area contributed by atoms with Gasteiger partial charge in [-0.3, -0.25) is 0 Å². The molecule has 0 amide bonds. The van der Waals surface area contributed by atoms with Crippen LogP contribution in [0.4, 0.5) is 0 Å². The minimum absolute atomic E-state index is 0.661. The number of benzene rings is 2. The Morgan fingerprint density at radius 2 is 1.68 bits per heavy atom. The van der Waals surface area contributed by atoms with Crippen molar-refractivity contribution in [1.29, 1.82) is 0 Å². The normalized spacial score (nSPS) is 12.3. The van der Waals surface area contributed by atoms with E-state index < -0.39 is 10.8 Å². The van der Waals surface area contributed by atoms with Crippen LogP contribution in [-0.2, 0) is 10.8 Å². The number of unbranched alkanes of at least 4 members (excludes halogenated alkanes) is 2. The van der Waals surface area contributed by atoms with Gasteiger partial charge in [-0.05, 0) is 30.2 Å². The summed E-state index contributed by atoms with van der Waals surface area (Å²) in [6.45, 7) is 2.14. The molecule has 0 aliphatic rings. The second-order valence-electron chi connectivity index (χ2n) is 4.91. The van der Waals surface area contributed by atoms with Crippen molar-refractivity contribution >= 4 is 16.9 Å². The van der Waals surface area contributed by atoms with Crippen molar-refractivity contribution in [2.75, 3.05) is 0 Å². The van der Waals surface area contributed by atoms with Crippen LogP contribution in [0.25, 0.3) is 6.08 Å². The molecule has 0 aliphatic heterocycles. The molecule has 0 aromatic heterocycles. The smallest absolute Gasteiger partial charge is 0.0941 e. The first kappa shape index (κ1) is 16.3. The summed E-state index contributed by atoms with van der Waals surface area (Å²) in [6, 6.07) is 19.4. The van der Waals surface area contributed by atoms with Crippen molar-refractivity contribution in [2.24, 2.45) is 0 Å². The van der Waals surface area contributed by atoms with E-state index in [2.05, 4.69) is 18.8 Å². The monoisotopic (exact) mass is 308 g/mol. The van der Waals surface area contributed by atoms with E-state index >= 15 is 0 Å². The Morgan fingerprint density at radius 1 is 1.05 bits per heavy atom. The van der Waals surface area contributed by atoms with Gasteiger partial charge in [-0.2, -0.15) is 0 Å². The predicted octanol–water partition coefficient (Wildman–Crippen LogP) is 5.03. The maximum atomic E-state index is 12.8. The lowest BCUT2D eigenvalue weighted by Crippen LogP contribution is -1.94. The summed E-state index contributed by atoms with van der Waals surface area (Å²) in [5.41, 5.74) is 1.02. The zero-order valence-corrected chi connectivity index (χ0v) is 13.6. The van der Waals surface area contributed by atoms with Gasteiger partial charge in [0, 0.05) is 11.3 Å². The SMILES string of the molecule is CCCCC#C/C(=C/c1ccccc1)S(=O)c1ccccc1. The Hall–Kier alpha value is -2.11. The molecule has 0 radical (unpaired) electrons. The van der Waals surface area contributed by atoms with Crippen LogP contribution >= 0.6 is 0 Å². The number of hydrogen-bond acceptors (Lipinski definition) is 1. The van der Waals surface area contributed by atoms with Crippen molar-refractivity contribution in [3.05, 3.63) is 71.1 Å². The summed E-state index contributed by atoms with van der Waals surface area (Å²) >= 11 is 0. The average Bonchev–Trinajstić information content (AvgIpc) is 2.59. The highest BCUT2D eigenvalue weighted by molar-refractivity contribution is 7.89. The molecule has 2 aromatic carbocycles. The van der Waals surface area contributed by atoms with E-state index in [1.54, 1.807) is 0 Å². The third kappa shape index (κ3) is 5.02. The summed E-state index contributed by atoms with van der Waals surface area (Å²) in [6.07, 6.45) is 4.95. The van der Waals surface area contributed by atoms with Gasteiger partial charge < -0.3 is 0 Å². The molecule has 0 saturated carbocycles. The van der Waals surface area contributed by atoms with Crippen molar-refractivity contribution in [1.82, 2.24) is 0 Å². The third-order valence-corrected chi connectivity index (χ3v) is 4.44. The molecular formula is C20H20OS. The average molecular weight is 308 g/mol. The highest BCUT2D eigenvalue weighted by Crippen LogP contribution is 2.17. The van der Waals surface area contributed by atoms with E-state index in [-0.39, 0.29) is 0 Å². The molecule has 22 heavy (non-hydrogen) atoms. The quantitative estimate of drug-likeness (QED) is 0.559. The molecule has 2 aromatic rings. The molecule has 0 saturated heterocycles. The number of hydrogen-bond donors (Lipinski definition) is 0. The Balaban J connectivity index is 2.30. The van der Waals surface area contributed by atoms with Crippen LogP contribution in [-0.4, -0.2) is 4.21 Å². The standard InChI is InChI=1S/C20H20OS/c1-2-3-4-9-16-20(17-18-12-7-5-8-13-18)22(21)19-14-10-6-11-15-19/h5-8,10-15,17H,2-4H2,1H3/b20-17-. The largest absolute Gasteiger partial charge is 0.248 e. The van der Waals surface area contributed by atoms with Crippen molar-refractivity contribution in [3.8, 4) is 11.8 Å². The van der Waals surface area contributed by atoms with Crippen molar-refractivity contribution < 1.29 is 4.21 Å². The zero-order chi connectivity index (χ0) is 15.6. The second-order valence-corrected chi connectivity index (χ2v) is 6.36. The van der Waals surface area contributed by atoms with Gasteiger partial charge in [0.05, 0.1) is 15.7 Å². The summed E-state index contributed by atoms with van der Waals surface area (Å²) in [4.78, 5) is 1.45. The Labute approximate surface area is 135 Å². The molecule has 0 aliphatic carbocycles. The summed E-state index contributed by atoms with van der Waals surface area (Å²) in [5, 5.41) is 0. The van der Waals surface area contributed by atoms with Gasteiger partial charge in [-0.25, -0.2) is 4.21 Å². The topological polar surface area (TPSA) is 17.1 Å². The first-order valence-electron chi connectivity index (χ1n) is 7.53. The molecule has 0 fully saturated rings. The van der Waals surface area contributed by atoms with Crippen LogP contribution in [0.3, 0.4) is 0 Å². The fraction of sp³-hybridized carbons (Fsp3) is 0.200. The Bertz CT molecular complexity index is 691. The summed E-state index contributed by atoms with van der Waals surface area (Å²) < 4.78 is 12.8. The fourth-order valence-corrected chi connectivity index (χ4v) is 2.99. The van der Waals surface area contributed by atoms with E-state index in [4.69, 9.17) is 0 Å². The van der Waals surface area contributed by atoms with Crippen LogP contribution in [0.15, 0.2) is 70.5 Å². The first-order chi connectivity index (χ1) is 10.8. The molecular weight excluding hydrogens is 288 g/mol. The molecule has 112 valence electrons. The molecule has 2 heteroatoms. The van der Waals surface area contributed by atoms with Gasteiger partial charge in [0.2, 0.25) is 0 Å². The lowest BCUT2D eigenvalue weighted by Gasteiger charge is -2.02. The van der Waals surface area contributed by atoms with Crippen molar-refractivity contribution in [2.45, 2.75) is 31.1 Å². The third-order valence-electron chi connectivity index (χ3n) is 3.12. The highest BCUT2D eigenvalue weighted by Gasteiger charge is 2.08. The van der Waals surface area contributed by atoms with Crippen LogP contribution in [0.2, 0.25) is 0 Å². The van der Waals surface area contributed by atoms with Crippen LogP contribution in [0.1, 0.15) is 31.7 Å². The van der Waals surface area contributed by atoms with Gasteiger partial charge in [-0.1, -0.05) is 73.7 Å². The van der Waals surface area contributed by atoms with Gasteiger partial charge in [0.1, 0.15) is 0 Å². The first-order valence-corrected chi connectivity index (χ1v) is 8.68. The molecule has 0 spiro atoms. The van der Waals surface area contributed by atoms with Crippen LogP contribution in [0, 0.1) is 11.8 Å². The molecule has 0 N–H and O–H groups in total. The van der Waals surface area contributed by atoms with Crippen molar-refractivity contribution in [3.63, 3.8) is 0 Å². The lowest BCUT2D eigenvalue weighted by molar-refractivity contribution is 0.687. The Kier molecular flexibility index (Phi) is 6.67. The lowest BCUT2D eigenvalue weighted by atomic mass is 10.2. The van der Waals surface area contributed by atoms with E-state index in [1.807, 2.05) is 66.7 Å². The molecule has 1 nitrogen and oxygen atoms in total. The molecule has 2 rings (SSSR count). The fourth-order valence-electron chi connectivity index (χ4n) is 1.92. The second kappa shape index (κ2) is 9.02. The molecule has 0 heterocycles. The number of allylic oxidation sites excluding steroid dienone is 1. The van der Waals surface area contributed by atoms with Gasteiger partial charge >= 0.3 is 0 Å². The minimum Gasteiger partial charge on any atom is -0.248 e. The van der Waals surface area contributed by atoms with Crippen LogP contribution in [0.5, 0.6) is 0 Å². The van der Waals surface area contributed by atoms with Gasteiger partial charge in [0.25, 0.3) is 0 Å². The molecule has 1 unspecified atom stereocenters. The summed E-state index contributed by atoms with van der Waals surface area (Å²) in [7, 11) is -1.24. The minimum atomic E-state index is -1.24. The van der Waals surface area contributed by atoms with E-state index in [9.17, 15) is 4.21 Å². The molecule has 0 bridgehead atoms. The maximum absolute atomic E-state index is 12.8. The number of rotatable bonds is 5. The zero-order valence-electron chi connectivity index (χ0n) is 12.8. The predicted molar refractivity (Wildman–Crippen MR) is 94.6 cm³/mol. The highest BCUT2D eigenvalue weighted by atomic mass is 32.2. The van der Waals surface area contributed by atoms with E-state index in [0.717, 1.165) is 29.7 Å². The molecule has 1 atom stereocenters. The Morgan fingerprint density at radius 3 is 2.32 bits per heavy atom. The maximum Gasteiger partial charge on any atom is 0.0941 e. The van der Waals surface area contributed by atoms with E-state index in [1.165, 1.54) is 0 Å². The van der Waals surface area contributed by atoms with Crippen LogP contribution < -0.4 is 0 Å².